The lowest BCUT2D eigenvalue weighted by Gasteiger charge is -2.36. The Balaban J connectivity index is 1.37. The molecule has 1 atom stereocenters. The molecule has 7 heteroatoms. The molecule has 1 aliphatic heterocycles. The first-order chi connectivity index (χ1) is 14.5. The third-order valence-corrected chi connectivity index (χ3v) is 6.81. The van der Waals surface area contributed by atoms with E-state index in [2.05, 4.69) is 11.8 Å². The summed E-state index contributed by atoms with van der Waals surface area (Å²) >= 11 is 6.15. The van der Waals surface area contributed by atoms with Crippen molar-refractivity contribution in [3.05, 3.63) is 82.8 Å². The minimum absolute atomic E-state index is 0.130. The number of amides is 1. The van der Waals surface area contributed by atoms with E-state index in [0.717, 1.165) is 23.7 Å². The summed E-state index contributed by atoms with van der Waals surface area (Å²) in [5, 5.41) is 0.713. The highest BCUT2D eigenvalue weighted by atomic mass is 35.5. The lowest BCUT2D eigenvalue weighted by atomic mass is 10.1. The van der Waals surface area contributed by atoms with E-state index in [9.17, 15) is 9.00 Å². The number of carbonyl (C=O) groups is 1. The molecule has 1 fully saturated rings. The highest BCUT2D eigenvalue weighted by Crippen LogP contribution is 2.26. The third-order valence-electron chi connectivity index (χ3n) is 5.23. The second kappa shape index (κ2) is 9.06. The summed E-state index contributed by atoms with van der Waals surface area (Å²) in [6, 6.07) is 18.5. The van der Waals surface area contributed by atoms with Gasteiger partial charge in [-0.15, -0.1) is 0 Å². The molecule has 2 aromatic carbocycles. The van der Waals surface area contributed by atoms with Crippen LogP contribution in [0.3, 0.4) is 0 Å². The molecule has 1 saturated heterocycles. The molecule has 1 aliphatic rings. The van der Waals surface area contributed by atoms with Crippen molar-refractivity contribution in [1.82, 2.24) is 4.90 Å². The highest BCUT2D eigenvalue weighted by molar-refractivity contribution is 7.84. The van der Waals surface area contributed by atoms with Crippen molar-refractivity contribution < 1.29 is 13.4 Å². The summed E-state index contributed by atoms with van der Waals surface area (Å²) in [6.45, 7) is 4.75. The van der Waals surface area contributed by atoms with Crippen molar-refractivity contribution in [3.63, 3.8) is 0 Å². The van der Waals surface area contributed by atoms with E-state index in [1.165, 1.54) is 5.56 Å². The number of benzene rings is 2. The quantitative estimate of drug-likeness (QED) is 0.583. The number of halogens is 1. The topological polar surface area (TPSA) is 53.8 Å². The lowest BCUT2D eigenvalue weighted by molar-refractivity contribution is 0.0713. The maximum Gasteiger partial charge on any atom is 0.289 e. The van der Waals surface area contributed by atoms with Crippen LogP contribution in [0, 0.1) is 6.92 Å². The van der Waals surface area contributed by atoms with Crippen molar-refractivity contribution in [2.75, 3.05) is 31.1 Å². The van der Waals surface area contributed by atoms with E-state index in [-0.39, 0.29) is 11.7 Å². The predicted molar refractivity (Wildman–Crippen MR) is 120 cm³/mol. The molecule has 0 aliphatic carbocycles. The van der Waals surface area contributed by atoms with Gasteiger partial charge in [0.2, 0.25) is 0 Å². The van der Waals surface area contributed by atoms with Gasteiger partial charge in [-0.05, 0) is 48.9 Å². The Labute approximate surface area is 183 Å². The SMILES string of the molecule is Cc1ccc(Cl)cc1N1CCN(C(=O)c2ccc(C[S@](=O)c3ccccc3)o2)CC1. The number of piperazine rings is 1. The van der Waals surface area contributed by atoms with Crippen molar-refractivity contribution in [3.8, 4) is 0 Å². The maximum absolute atomic E-state index is 12.8. The molecule has 5 nitrogen and oxygen atoms in total. The molecule has 0 bridgehead atoms. The summed E-state index contributed by atoms with van der Waals surface area (Å²) < 4.78 is 18.2. The molecule has 3 aromatic rings. The molecule has 0 unspecified atom stereocenters. The molecule has 1 amide bonds. The van der Waals surface area contributed by atoms with Crippen molar-refractivity contribution in [1.29, 1.82) is 0 Å². The van der Waals surface area contributed by atoms with Crippen LogP contribution in [-0.2, 0) is 16.6 Å². The summed E-state index contributed by atoms with van der Waals surface area (Å²) in [5.41, 5.74) is 2.28. The van der Waals surface area contributed by atoms with E-state index in [1.54, 1.807) is 17.0 Å². The number of anilines is 1. The maximum atomic E-state index is 12.8. The van der Waals surface area contributed by atoms with Gasteiger partial charge in [0.15, 0.2) is 5.76 Å². The predicted octanol–water partition coefficient (Wildman–Crippen LogP) is 4.51. The molecule has 0 saturated carbocycles. The van der Waals surface area contributed by atoms with Gasteiger partial charge in [0.1, 0.15) is 5.76 Å². The fourth-order valence-corrected chi connectivity index (χ4v) is 4.79. The average molecular weight is 443 g/mol. The van der Waals surface area contributed by atoms with Gasteiger partial charge in [0, 0.05) is 41.8 Å². The van der Waals surface area contributed by atoms with Crippen LogP contribution in [0.5, 0.6) is 0 Å². The van der Waals surface area contributed by atoms with Crippen molar-refractivity contribution in [2.45, 2.75) is 17.6 Å². The third kappa shape index (κ3) is 4.60. The number of aryl methyl sites for hydroxylation is 1. The smallest absolute Gasteiger partial charge is 0.289 e. The number of hydrogen-bond donors (Lipinski definition) is 0. The minimum Gasteiger partial charge on any atom is -0.455 e. The number of furan rings is 1. The van der Waals surface area contributed by atoms with Crippen LogP contribution in [0.1, 0.15) is 21.9 Å². The molecule has 2 heterocycles. The molecule has 1 aromatic heterocycles. The second-order valence-electron chi connectivity index (χ2n) is 7.28. The van der Waals surface area contributed by atoms with E-state index in [1.807, 2.05) is 48.5 Å². The molecular formula is C23H23ClN2O3S. The van der Waals surface area contributed by atoms with Gasteiger partial charge in [-0.25, -0.2) is 0 Å². The Morgan fingerprint density at radius 1 is 1.03 bits per heavy atom. The number of rotatable bonds is 5. The van der Waals surface area contributed by atoms with Crippen LogP contribution >= 0.6 is 11.6 Å². The Morgan fingerprint density at radius 2 is 1.77 bits per heavy atom. The van der Waals surface area contributed by atoms with E-state index >= 15 is 0 Å². The van der Waals surface area contributed by atoms with Crippen LogP contribution in [0.15, 0.2) is 70.0 Å². The minimum atomic E-state index is -1.21. The summed E-state index contributed by atoms with van der Waals surface area (Å²) in [7, 11) is -1.21. The Bertz CT molecular complexity index is 1060. The van der Waals surface area contributed by atoms with Gasteiger partial charge in [-0.2, -0.15) is 0 Å². The average Bonchev–Trinajstić information content (AvgIpc) is 3.24. The van der Waals surface area contributed by atoms with E-state index in [4.69, 9.17) is 16.0 Å². The van der Waals surface area contributed by atoms with Gasteiger partial charge in [0.05, 0.1) is 16.6 Å². The highest BCUT2D eigenvalue weighted by Gasteiger charge is 2.25. The molecular weight excluding hydrogens is 420 g/mol. The van der Waals surface area contributed by atoms with Gasteiger partial charge < -0.3 is 14.2 Å². The van der Waals surface area contributed by atoms with Gasteiger partial charge >= 0.3 is 0 Å². The number of hydrogen-bond acceptors (Lipinski definition) is 4. The fourth-order valence-electron chi connectivity index (χ4n) is 3.58. The monoisotopic (exact) mass is 442 g/mol. The van der Waals surface area contributed by atoms with Crippen LogP contribution in [0.2, 0.25) is 5.02 Å². The Kier molecular flexibility index (Phi) is 6.25. The van der Waals surface area contributed by atoms with E-state index in [0.29, 0.717) is 29.6 Å². The summed E-state index contributed by atoms with van der Waals surface area (Å²) in [6.07, 6.45) is 0. The number of carbonyl (C=O) groups excluding carboxylic acids is 1. The van der Waals surface area contributed by atoms with Crippen LogP contribution < -0.4 is 4.90 Å². The van der Waals surface area contributed by atoms with Gasteiger partial charge in [0.25, 0.3) is 5.91 Å². The first-order valence-electron chi connectivity index (χ1n) is 9.84. The van der Waals surface area contributed by atoms with Gasteiger partial charge in [-0.3, -0.25) is 9.00 Å². The zero-order chi connectivity index (χ0) is 21.1. The van der Waals surface area contributed by atoms with Gasteiger partial charge in [-0.1, -0.05) is 35.9 Å². The molecule has 4 rings (SSSR count). The summed E-state index contributed by atoms with van der Waals surface area (Å²) in [5.74, 6) is 0.962. The van der Waals surface area contributed by atoms with E-state index < -0.39 is 10.8 Å². The normalized spacial score (nSPS) is 15.3. The number of nitrogens with zero attached hydrogens (tertiary/aromatic N) is 2. The fraction of sp³-hybridized carbons (Fsp3) is 0.261. The molecule has 0 spiro atoms. The Hall–Kier alpha value is -2.57. The summed E-state index contributed by atoms with van der Waals surface area (Å²) in [4.78, 5) is 17.6. The lowest BCUT2D eigenvalue weighted by Crippen LogP contribution is -2.48. The first-order valence-corrected chi connectivity index (χ1v) is 11.5. The first kappa shape index (κ1) is 20.7. The standard InChI is InChI=1S/C23H23ClN2O3S/c1-17-7-8-18(24)15-21(17)25-11-13-26(14-12-25)23(27)22-10-9-19(29-22)16-30(28)20-5-3-2-4-6-20/h2-10,15H,11-14,16H2,1H3/t30-/m0/s1. The second-order valence-corrected chi connectivity index (χ2v) is 9.17. The van der Waals surface area contributed by atoms with Crippen molar-refractivity contribution in [2.24, 2.45) is 0 Å². The van der Waals surface area contributed by atoms with Crippen molar-refractivity contribution >= 4 is 34.0 Å². The molecule has 156 valence electrons. The van der Waals surface area contributed by atoms with Crippen LogP contribution in [0.4, 0.5) is 5.69 Å². The zero-order valence-electron chi connectivity index (χ0n) is 16.7. The largest absolute Gasteiger partial charge is 0.455 e. The van der Waals surface area contributed by atoms with Crippen LogP contribution in [0.25, 0.3) is 0 Å². The molecule has 0 radical (unpaired) electrons. The van der Waals surface area contributed by atoms with Crippen LogP contribution in [-0.4, -0.2) is 41.2 Å². The molecule has 0 N–H and O–H groups in total. The Morgan fingerprint density at radius 3 is 2.50 bits per heavy atom. The molecule has 30 heavy (non-hydrogen) atoms. The zero-order valence-corrected chi connectivity index (χ0v) is 18.3.